The SMILES string of the molecule is O=C(NCC1(O)CCCCC1)c1ccc(-c2cnco2)cc1. The summed E-state index contributed by atoms with van der Waals surface area (Å²) in [6, 6.07) is 7.14. The van der Waals surface area contributed by atoms with Crippen LogP contribution in [0.25, 0.3) is 11.3 Å². The van der Waals surface area contributed by atoms with Gasteiger partial charge < -0.3 is 14.8 Å². The maximum Gasteiger partial charge on any atom is 0.251 e. The summed E-state index contributed by atoms with van der Waals surface area (Å²) in [4.78, 5) is 16.0. The number of benzene rings is 1. The Bertz CT molecular complexity index is 614. The summed E-state index contributed by atoms with van der Waals surface area (Å²) in [6.45, 7) is 0.315. The zero-order valence-electron chi connectivity index (χ0n) is 12.4. The molecule has 0 atom stereocenters. The number of carbonyl (C=O) groups is 1. The zero-order valence-corrected chi connectivity index (χ0v) is 12.4. The summed E-state index contributed by atoms with van der Waals surface area (Å²) < 4.78 is 5.22. The van der Waals surface area contributed by atoms with Crippen molar-refractivity contribution in [1.82, 2.24) is 10.3 Å². The third kappa shape index (κ3) is 3.36. The molecule has 22 heavy (non-hydrogen) atoms. The van der Waals surface area contributed by atoms with Crippen molar-refractivity contribution >= 4 is 5.91 Å². The Kier molecular flexibility index (Phi) is 4.24. The lowest BCUT2D eigenvalue weighted by atomic mass is 9.85. The van der Waals surface area contributed by atoms with E-state index in [-0.39, 0.29) is 5.91 Å². The van der Waals surface area contributed by atoms with Gasteiger partial charge in [-0.2, -0.15) is 0 Å². The molecule has 5 nitrogen and oxygen atoms in total. The molecule has 1 aromatic carbocycles. The van der Waals surface area contributed by atoms with E-state index in [1.54, 1.807) is 18.3 Å². The van der Waals surface area contributed by atoms with Gasteiger partial charge in [0.25, 0.3) is 5.91 Å². The molecule has 0 bridgehead atoms. The second kappa shape index (κ2) is 6.32. The zero-order chi connectivity index (χ0) is 15.4. The van der Waals surface area contributed by atoms with Crippen molar-refractivity contribution in [3.63, 3.8) is 0 Å². The summed E-state index contributed by atoms with van der Waals surface area (Å²) >= 11 is 0. The number of aliphatic hydroxyl groups is 1. The first-order valence-electron chi connectivity index (χ1n) is 7.66. The van der Waals surface area contributed by atoms with E-state index in [1.807, 2.05) is 12.1 Å². The number of nitrogens with zero attached hydrogens (tertiary/aromatic N) is 1. The molecule has 2 aromatic rings. The van der Waals surface area contributed by atoms with Crippen LogP contribution in [-0.2, 0) is 0 Å². The molecule has 0 unspecified atom stereocenters. The van der Waals surface area contributed by atoms with Crippen molar-refractivity contribution in [2.45, 2.75) is 37.7 Å². The Morgan fingerprint density at radius 2 is 1.95 bits per heavy atom. The van der Waals surface area contributed by atoms with Gasteiger partial charge in [0.2, 0.25) is 0 Å². The minimum absolute atomic E-state index is 0.164. The normalized spacial score (nSPS) is 17.1. The Hall–Kier alpha value is -2.14. The smallest absolute Gasteiger partial charge is 0.251 e. The van der Waals surface area contributed by atoms with E-state index in [0.29, 0.717) is 17.9 Å². The number of rotatable bonds is 4. The number of amides is 1. The minimum Gasteiger partial charge on any atom is -0.444 e. The molecule has 0 saturated heterocycles. The molecule has 1 amide bonds. The van der Waals surface area contributed by atoms with Gasteiger partial charge in [-0.05, 0) is 25.0 Å². The average molecular weight is 300 g/mol. The highest BCUT2D eigenvalue weighted by Crippen LogP contribution is 2.27. The van der Waals surface area contributed by atoms with Crippen LogP contribution in [0.5, 0.6) is 0 Å². The van der Waals surface area contributed by atoms with Crippen molar-refractivity contribution in [3.05, 3.63) is 42.4 Å². The first kappa shape index (κ1) is 14.8. The number of hydrogen-bond acceptors (Lipinski definition) is 4. The quantitative estimate of drug-likeness (QED) is 0.910. The van der Waals surface area contributed by atoms with Crippen LogP contribution >= 0.6 is 0 Å². The van der Waals surface area contributed by atoms with E-state index < -0.39 is 5.60 Å². The largest absolute Gasteiger partial charge is 0.444 e. The monoisotopic (exact) mass is 300 g/mol. The summed E-state index contributed by atoms with van der Waals surface area (Å²) in [7, 11) is 0. The van der Waals surface area contributed by atoms with Crippen molar-refractivity contribution in [2.24, 2.45) is 0 Å². The van der Waals surface area contributed by atoms with Gasteiger partial charge in [0.05, 0.1) is 11.8 Å². The first-order valence-corrected chi connectivity index (χ1v) is 7.66. The summed E-state index contributed by atoms with van der Waals surface area (Å²) in [5.74, 6) is 0.506. The lowest BCUT2D eigenvalue weighted by molar-refractivity contribution is 0.00526. The van der Waals surface area contributed by atoms with E-state index in [9.17, 15) is 9.90 Å². The fraction of sp³-hybridized carbons (Fsp3) is 0.412. The number of hydrogen-bond donors (Lipinski definition) is 2. The first-order chi connectivity index (χ1) is 10.7. The molecular weight excluding hydrogens is 280 g/mol. The fourth-order valence-corrected chi connectivity index (χ4v) is 2.88. The van der Waals surface area contributed by atoms with Crippen LogP contribution in [0, 0.1) is 0 Å². The van der Waals surface area contributed by atoms with Gasteiger partial charge in [-0.15, -0.1) is 0 Å². The lowest BCUT2D eigenvalue weighted by Gasteiger charge is -2.32. The maximum atomic E-state index is 12.2. The van der Waals surface area contributed by atoms with E-state index in [1.165, 1.54) is 12.8 Å². The summed E-state index contributed by atoms with van der Waals surface area (Å²) in [6.07, 6.45) is 7.75. The topological polar surface area (TPSA) is 75.4 Å². The third-order valence-corrected chi connectivity index (χ3v) is 4.23. The van der Waals surface area contributed by atoms with Crippen LogP contribution < -0.4 is 5.32 Å². The number of aromatic nitrogens is 1. The Balaban J connectivity index is 1.60. The van der Waals surface area contributed by atoms with Crippen LogP contribution in [0.4, 0.5) is 0 Å². The van der Waals surface area contributed by atoms with Gasteiger partial charge in [-0.25, -0.2) is 4.98 Å². The molecular formula is C17H20N2O3. The van der Waals surface area contributed by atoms with Gasteiger partial charge in [0, 0.05) is 17.7 Å². The van der Waals surface area contributed by atoms with Crippen molar-refractivity contribution in [3.8, 4) is 11.3 Å². The molecule has 0 aliphatic heterocycles. The average Bonchev–Trinajstić information content (AvgIpc) is 3.08. The van der Waals surface area contributed by atoms with E-state index in [2.05, 4.69) is 10.3 Å². The fourth-order valence-electron chi connectivity index (χ4n) is 2.88. The van der Waals surface area contributed by atoms with Crippen molar-refractivity contribution < 1.29 is 14.3 Å². The highest BCUT2D eigenvalue weighted by molar-refractivity contribution is 5.94. The second-order valence-electron chi connectivity index (χ2n) is 5.91. The van der Waals surface area contributed by atoms with Crippen molar-refractivity contribution in [2.75, 3.05) is 6.54 Å². The molecule has 1 heterocycles. The predicted octanol–water partition coefficient (Wildman–Crippen LogP) is 2.77. The van der Waals surface area contributed by atoms with Gasteiger partial charge in [0.15, 0.2) is 12.2 Å². The molecule has 1 aliphatic rings. The van der Waals surface area contributed by atoms with E-state index in [0.717, 1.165) is 31.2 Å². The van der Waals surface area contributed by atoms with Crippen LogP contribution in [0.15, 0.2) is 41.3 Å². The van der Waals surface area contributed by atoms with Crippen LogP contribution in [0.3, 0.4) is 0 Å². The van der Waals surface area contributed by atoms with Gasteiger partial charge >= 0.3 is 0 Å². The molecule has 3 rings (SSSR count). The molecule has 0 radical (unpaired) electrons. The summed E-state index contributed by atoms with van der Waals surface area (Å²) in [5, 5.41) is 13.2. The Morgan fingerprint density at radius 3 is 2.59 bits per heavy atom. The minimum atomic E-state index is -0.742. The number of carbonyl (C=O) groups excluding carboxylic acids is 1. The molecule has 1 aliphatic carbocycles. The number of nitrogens with one attached hydrogen (secondary N) is 1. The second-order valence-corrected chi connectivity index (χ2v) is 5.91. The van der Waals surface area contributed by atoms with Gasteiger partial charge in [-0.1, -0.05) is 31.4 Å². The van der Waals surface area contributed by atoms with Gasteiger partial charge in [0.1, 0.15) is 0 Å². The van der Waals surface area contributed by atoms with Crippen LogP contribution in [0.2, 0.25) is 0 Å². The third-order valence-electron chi connectivity index (χ3n) is 4.23. The summed E-state index contributed by atoms with van der Waals surface area (Å²) in [5.41, 5.74) is 0.705. The van der Waals surface area contributed by atoms with Crippen molar-refractivity contribution in [1.29, 1.82) is 0 Å². The molecule has 0 spiro atoms. The lowest BCUT2D eigenvalue weighted by Crippen LogP contribution is -2.44. The van der Waals surface area contributed by atoms with Crippen LogP contribution in [-0.4, -0.2) is 28.1 Å². The molecule has 1 fully saturated rings. The highest BCUT2D eigenvalue weighted by atomic mass is 16.3. The van der Waals surface area contributed by atoms with Gasteiger partial charge in [-0.3, -0.25) is 4.79 Å². The molecule has 1 aromatic heterocycles. The number of oxazole rings is 1. The maximum absolute atomic E-state index is 12.2. The predicted molar refractivity (Wildman–Crippen MR) is 82.3 cm³/mol. The molecule has 2 N–H and O–H groups in total. The standard InChI is InChI=1S/C17H20N2O3/c20-16(19-11-17(21)8-2-1-3-9-17)14-6-4-13(5-7-14)15-10-18-12-22-15/h4-7,10,12,21H,1-3,8-9,11H2,(H,19,20). The Labute approximate surface area is 129 Å². The molecule has 116 valence electrons. The van der Waals surface area contributed by atoms with E-state index >= 15 is 0 Å². The Morgan fingerprint density at radius 1 is 1.23 bits per heavy atom. The highest BCUT2D eigenvalue weighted by Gasteiger charge is 2.29. The molecule has 1 saturated carbocycles. The van der Waals surface area contributed by atoms with E-state index in [4.69, 9.17) is 4.42 Å². The van der Waals surface area contributed by atoms with Crippen LogP contribution in [0.1, 0.15) is 42.5 Å². The molecule has 5 heteroatoms.